The van der Waals surface area contributed by atoms with Crippen LogP contribution in [0.2, 0.25) is 10.0 Å². The minimum atomic E-state index is -1.03. The molecule has 0 fully saturated rings. The van der Waals surface area contributed by atoms with E-state index in [-0.39, 0.29) is 11.5 Å². The number of rotatable bonds is 7. The lowest BCUT2D eigenvalue weighted by Gasteiger charge is -2.11. The van der Waals surface area contributed by atoms with E-state index in [9.17, 15) is 9.59 Å². The van der Waals surface area contributed by atoms with E-state index >= 15 is 0 Å². The maximum absolute atomic E-state index is 12.2. The van der Waals surface area contributed by atoms with E-state index in [4.69, 9.17) is 33.0 Å². The maximum atomic E-state index is 12.2. The fraction of sp³-hybridized carbons (Fsp3) is 0.0435. The van der Waals surface area contributed by atoms with Crippen LogP contribution in [0.4, 0.5) is 5.69 Å². The number of carbonyl (C=O) groups excluding carboxylic acids is 1. The number of carboxylic acid groups (broad SMARTS) is 1. The van der Waals surface area contributed by atoms with Gasteiger partial charge in [-0.25, -0.2) is 4.79 Å². The van der Waals surface area contributed by atoms with Gasteiger partial charge in [-0.3, -0.25) is 4.79 Å². The molecule has 0 aliphatic heterocycles. The Labute approximate surface area is 193 Å². The number of hydrogen-bond acceptors (Lipinski definition) is 4. The van der Waals surface area contributed by atoms with Gasteiger partial charge in [-0.2, -0.15) is 0 Å². The largest absolute Gasteiger partial charge is 0.496 e. The third kappa shape index (κ3) is 5.82. The fourth-order valence-corrected chi connectivity index (χ4v) is 4.16. The second-order valence-corrected chi connectivity index (χ2v) is 8.08. The van der Waals surface area contributed by atoms with Crippen LogP contribution in [0.15, 0.2) is 76.5 Å². The zero-order valence-corrected chi connectivity index (χ0v) is 18.6. The number of halogens is 2. The molecule has 0 saturated carbocycles. The van der Waals surface area contributed by atoms with E-state index in [2.05, 4.69) is 5.32 Å². The van der Waals surface area contributed by atoms with Crippen molar-refractivity contribution >= 4 is 58.6 Å². The Bertz CT molecular complexity index is 1150. The number of carboxylic acids is 1. The van der Waals surface area contributed by atoms with Gasteiger partial charge in [-0.1, -0.05) is 53.2 Å². The van der Waals surface area contributed by atoms with Crippen molar-refractivity contribution in [2.45, 2.75) is 9.79 Å². The molecular weight excluding hydrogens is 457 g/mol. The fourth-order valence-electron chi connectivity index (χ4n) is 2.62. The van der Waals surface area contributed by atoms with Crippen molar-refractivity contribution in [2.24, 2.45) is 0 Å². The summed E-state index contributed by atoms with van der Waals surface area (Å²) in [5.74, 6) is -0.684. The summed E-state index contributed by atoms with van der Waals surface area (Å²) in [6.07, 6.45) is 2.89. The van der Waals surface area contributed by atoms with Crippen LogP contribution in [0.1, 0.15) is 15.9 Å². The summed E-state index contributed by atoms with van der Waals surface area (Å²) in [5.41, 5.74) is 1.21. The van der Waals surface area contributed by atoms with Crippen molar-refractivity contribution < 1.29 is 19.4 Å². The van der Waals surface area contributed by atoms with Crippen LogP contribution in [0.3, 0.4) is 0 Å². The van der Waals surface area contributed by atoms with Crippen LogP contribution in [-0.2, 0) is 4.79 Å². The van der Waals surface area contributed by atoms with Gasteiger partial charge in [0.05, 0.1) is 27.6 Å². The van der Waals surface area contributed by atoms with E-state index in [1.54, 1.807) is 19.3 Å². The molecule has 1 amide bonds. The smallest absolute Gasteiger partial charge is 0.335 e. The summed E-state index contributed by atoms with van der Waals surface area (Å²) in [6.45, 7) is 0. The molecule has 0 aliphatic rings. The number of aromatic carboxylic acids is 1. The predicted molar refractivity (Wildman–Crippen MR) is 125 cm³/mol. The third-order valence-electron chi connectivity index (χ3n) is 4.18. The molecule has 0 bridgehead atoms. The van der Waals surface area contributed by atoms with Gasteiger partial charge in [0, 0.05) is 16.7 Å². The van der Waals surface area contributed by atoms with Crippen LogP contribution in [-0.4, -0.2) is 24.1 Å². The zero-order valence-electron chi connectivity index (χ0n) is 16.3. The number of anilines is 1. The number of hydrogen-bond donors (Lipinski definition) is 2. The van der Waals surface area contributed by atoms with Gasteiger partial charge in [0.25, 0.3) is 0 Å². The highest BCUT2D eigenvalue weighted by molar-refractivity contribution is 7.99. The summed E-state index contributed by atoms with van der Waals surface area (Å²) in [5, 5.41) is 12.3. The number of para-hydroxylation sites is 1. The molecule has 0 radical (unpaired) electrons. The van der Waals surface area contributed by atoms with E-state index in [0.29, 0.717) is 21.3 Å². The summed E-state index contributed by atoms with van der Waals surface area (Å²) in [4.78, 5) is 24.7. The molecule has 0 aromatic heterocycles. The number of benzene rings is 3. The molecule has 5 nitrogen and oxygen atoms in total. The van der Waals surface area contributed by atoms with Gasteiger partial charge in [0.2, 0.25) is 5.91 Å². The van der Waals surface area contributed by atoms with Crippen molar-refractivity contribution in [3.63, 3.8) is 0 Å². The minimum absolute atomic E-state index is 0.140. The molecule has 0 atom stereocenters. The van der Waals surface area contributed by atoms with Gasteiger partial charge >= 0.3 is 5.97 Å². The van der Waals surface area contributed by atoms with Crippen LogP contribution in [0.25, 0.3) is 6.08 Å². The van der Waals surface area contributed by atoms with E-state index < -0.39 is 5.97 Å². The second-order valence-electron chi connectivity index (χ2n) is 6.24. The predicted octanol–water partition coefficient (Wildman–Crippen LogP) is 6.50. The quantitative estimate of drug-likeness (QED) is 0.382. The first-order valence-corrected chi connectivity index (χ1v) is 10.6. The van der Waals surface area contributed by atoms with E-state index in [1.165, 1.54) is 42.1 Å². The molecule has 0 saturated heterocycles. The van der Waals surface area contributed by atoms with Gasteiger partial charge in [-0.05, 0) is 54.1 Å². The highest BCUT2D eigenvalue weighted by atomic mass is 35.5. The number of amides is 1. The lowest BCUT2D eigenvalue weighted by molar-refractivity contribution is -0.111. The second kappa shape index (κ2) is 10.4. The average Bonchev–Trinajstić information content (AvgIpc) is 2.77. The Morgan fingerprint density at radius 1 is 0.968 bits per heavy atom. The maximum Gasteiger partial charge on any atom is 0.335 e. The van der Waals surface area contributed by atoms with Gasteiger partial charge in [0.1, 0.15) is 5.75 Å². The van der Waals surface area contributed by atoms with E-state index in [1.807, 2.05) is 30.3 Å². The van der Waals surface area contributed by atoms with Crippen molar-refractivity contribution in [1.82, 2.24) is 0 Å². The Hall–Kier alpha value is -2.93. The lowest BCUT2D eigenvalue weighted by Crippen LogP contribution is -2.08. The SMILES string of the molecule is COc1ccccc1Sc1ccc(C=CC(=O)Nc2ccc(C(=O)O)cc2)c(Cl)c1Cl. The molecule has 8 heteroatoms. The molecule has 3 rings (SSSR count). The Kier molecular flexibility index (Phi) is 7.63. The summed E-state index contributed by atoms with van der Waals surface area (Å²) < 4.78 is 5.36. The van der Waals surface area contributed by atoms with Crippen molar-refractivity contribution in [1.29, 1.82) is 0 Å². The topological polar surface area (TPSA) is 75.6 Å². The van der Waals surface area contributed by atoms with Crippen molar-refractivity contribution in [2.75, 3.05) is 12.4 Å². The van der Waals surface area contributed by atoms with Gasteiger partial charge < -0.3 is 15.2 Å². The molecule has 158 valence electrons. The first-order chi connectivity index (χ1) is 14.9. The Morgan fingerprint density at radius 3 is 2.35 bits per heavy atom. The highest BCUT2D eigenvalue weighted by Crippen LogP contribution is 2.42. The lowest BCUT2D eigenvalue weighted by atomic mass is 10.2. The van der Waals surface area contributed by atoms with Crippen molar-refractivity contribution in [3.8, 4) is 5.75 Å². The Morgan fingerprint density at radius 2 is 1.68 bits per heavy atom. The summed E-state index contributed by atoms with van der Waals surface area (Å²) in [7, 11) is 1.60. The minimum Gasteiger partial charge on any atom is -0.496 e. The number of ether oxygens (including phenoxy) is 1. The molecule has 0 unspecified atom stereocenters. The molecular formula is C23H17Cl2NO4S. The molecule has 3 aromatic rings. The molecule has 0 spiro atoms. The van der Waals surface area contributed by atoms with Crippen LogP contribution >= 0.6 is 35.0 Å². The molecule has 0 heterocycles. The van der Waals surface area contributed by atoms with Crippen LogP contribution in [0, 0.1) is 0 Å². The molecule has 0 aliphatic carbocycles. The Balaban J connectivity index is 1.71. The summed E-state index contributed by atoms with van der Waals surface area (Å²) in [6, 6.07) is 17.0. The monoisotopic (exact) mass is 473 g/mol. The molecule has 2 N–H and O–H groups in total. The van der Waals surface area contributed by atoms with E-state index in [0.717, 1.165) is 15.5 Å². The normalized spacial score (nSPS) is 10.8. The molecule has 31 heavy (non-hydrogen) atoms. The third-order valence-corrected chi connectivity index (χ3v) is 6.31. The van der Waals surface area contributed by atoms with Crippen molar-refractivity contribution in [3.05, 3.63) is 87.9 Å². The molecule has 3 aromatic carbocycles. The van der Waals surface area contributed by atoms with Gasteiger partial charge in [-0.15, -0.1) is 0 Å². The first kappa shape index (κ1) is 22.7. The number of carbonyl (C=O) groups is 2. The summed E-state index contributed by atoms with van der Waals surface area (Å²) >= 11 is 14.3. The van der Waals surface area contributed by atoms with Crippen LogP contribution in [0.5, 0.6) is 5.75 Å². The average molecular weight is 474 g/mol. The number of methoxy groups -OCH3 is 1. The van der Waals surface area contributed by atoms with Gasteiger partial charge in [0.15, 0.2) is 0 Å². The zero-order chi connectivity index (χ0) is 22.4. The highest BCUT2D eigenvalue weighted by Gasteiger charge is 2.12. The number of nitrogens with one attached hydrogen (secondary N) is 1. The van der Waals surface area contributed by atoms with Crippen LogP contribution < -0.4 is 10.1 Å². The first-order valence-electron chi connectivity index (χ1n) is 9.00. The standard InChI is InChI=1S/C23H17Cl2NO4S/c1-30-17-4-2-3-5-18(17)31-19-12-8-14(21(24)22(19)25)9-13-20(27)26-16-10-6-15(7-11-16)23(28)29/h2-13H,1H3,(H,26,27)(H,28,29).